The fourth-order valence-electron chi connectivity index (χ4n) is 3.43. The van der Waals surface area contributed by atoms with E-state index in [2.05, 4.69) is 16.8 Å². The van der Waals surface area contributed by atoms with Gasteiger partial charge in [-0.1, -0.05) is 11.8 Å². The van der Waals surface area contributed by atoms with E-state index in [-0.39, 0.29) is 43.4 Å². The number of nitrogens with zero attached hydrogens (tertiary/aromatic N) is 1. The molecule has 10 nitrogen and oxygen atoms in total. The molecule has 2 heterocycles. The highest BCUT2D eigenvalue weighted by molar-refractivity contribution is 6.48. The van der Waals surface area contributed by atoms with Gasteiger partial charge in [0.2, 0.25) is 5.91 Å². The van der Waals surface area contributed by atoms with Crippen molar-refractivity contribution >= 4 is 14.9 Å². The predicted octanol–water partition coefficient (Wildman–Crippen LogP) is 1.38. The van der Waals surface area contributed by atoms with Crippen molar-refractivity contribution in [3.63, 3.8) is 0 Å². The number of H-pyrrole nitrogens is 1. The van der Waals surface area contributed by atoms with E-state index < -0.39 is 38.3 Å². The number of carbonyl (C=O) groups is 1. The van der Waals surface area contributed by atoms with Gasteiger partial charge in [0.05, 0.1) is 24.9 Å². The second-order valence-corrected chi connectivity index (χ2v) is 12.0. The zero-order chi connectivity index (χ0) is 27.9. The predicted molar refractivity (Wildman–Crippen MR) is 130 cm³/mol. The second kappa shape index (κ2) is 12.9. The summed E-state index contributed by atoms with van der Waals surface area (Å²) in [4.78, 5) is 38.1. The first-order valence-electron chi connectivity index (χ1n) is 11.9. The lowest BCUT2D eigenvalue weighted by Gasteiger charge is -2.33. The molecule has 1 aromatic heterocycles. The van der Waals surface area contributed by atoms with Crippen LogP contribution in [0.3, 0.4) is 0 Å². The fourth-order valence-corrected chi connectivity index (χ4v) is 4.45. The molecule has 2 N–H and O–H groups in total. The first kappa shape index (κ1) is 30.8. The van der Waals surface area contributed by atoms with Crippen molar-refractivity contribution in [1.29, 1.82) is 0 Å². The zero-order valence-corrected chi connectivity index (χ0v) is 22.8. The van der Waals surface area contributed by atoms with Gasteiger partial charge < -0.3 is 24.0 Å². The highest BCUT2D eigenvalue weighted by atomic mass is 28.3. The summed E-state index contributed by atoms with van der Waals surface area (Å²) in [5, 5.41) is 1.68. The molecule has 2 atom stereocenters. The molecule has 37 heavy (non-hydrogen) atoms. The molecule has 1 fully saturated rings. The summed E-state index contributed by atoms with van der Waals surface area (Å²) in [5.74, 6) is 1.97. The van der Waals surface area contributed by atoms with Crippen molar-refractivity contribution in [3.05, 3.63) is 32.6 Å². The normalized spacial score (nSPS) is 20.1. The lowest BCUT2D eigenvalue weighted by Crippen LogP contribution is -2.48. The maximum absolute atomic E-state index is 12.8. The van der Waals surface area contributed by atoms with Crippen LogP contribution in [0.1, 0.15) is 39.2 Å². The van der Waals surface area contributed by atoms with Crippen molar-refractivity contribution in [1.82, 2.24) is 14.9 Å². The molecule has 0 unspecified atom stereocenters. The Morgan fingerprint density at radius 1 is 1.30 bits per heavy atom. The SMILES string of the molecule is C[SiH](C)O[C@]1(n2cc(CC#CCOCCNC(=O)C(F)(F)F)c(=O)[nH]c2=O)CC[C@@H](COC(C)(C)C)O1. The lowest BCUT2D eigenvalue weighted by atomic mass is 10.2. The first-order chi connectivity index (χ1) is 17.1. The van der Waals surface area contributed by atoms with Crippen molar-refractivity contribution in [2.75, 3.05) is 26.4 Å². The Morgan fingerprint density at radius 2 is 2.00 bits per heavy atom. The molecule has 14 heteroatoms. The molecular formula is C23H34F3N3O7Si. The minimum atomic E-state index is -4.95. The number of aromatic amines is 1. The highest BCUT2D eigenvalue weighted by Gasteiger charge is 2.45. The molecule has 0 aliphatic carbocycles. The van der Waals surface area contributed by atoms with E-state index >= 15 is 0 Å². The van der Waals surface area contributed by atoms with E-state index in [1.165, 1.54) is 10.8 Å². The summed E-state index contributed by atoms with van der Waals surface area (Å²) in [6.45, 7) is 9.40. The average Bonchev–Trinajstić information content (AvgIpc) is 3.17. The summed E-state index contributed by atoms with van der Waals surface area (Å²) in [6, 6.07) is 0. The Hall–Kier alpha value is -2.44. The molecule has 1 aromatic rings. The topological polar surface area (TPSA) is 121 Å². The van der Waals surface area contributed by atoms with E-state index in [0.717, 1.165) is 0 Å². The third kappa shape index (κ3) is 9.75. The van der Waals surface area contributed by atoms with Gasteiger partial charge in [0.1, 0.15) is 6.61 Å². The number of alkyl halides is 3. The smallest absolute Gasteiger partial charge is 0.377 e. The van der Waals surface area contributed by atoms with Gasteiger partial charge in [0, 0.05) is 31.1 Å². The molecular weight excluding hydrogens is 515 g/mol. The average molecular weight is 550 g/mol. The van der Waals surface area contributed by atoms with Crippen LogP contribution in [-0.2, 0) is 35.8 Å². The molecule has 0 aromatic carbocycles. The maximum atomic E-state index is 12.8. The van der Waals surface area contributed by atoms with Crippen LogP contribution in [0.4, 0.5) is 13.2 Å². The monoisotopic (exact) mass is 549 g/mol. The molecule has 1 amide bonds. The molecule has 1 aliphatic rings. The van der Waals surface area contributed by atoms with E-state index in [9.17, 15) is 27.6 Å². The number of halogens is 3. The summed E-state index contributed by atoms with van der Waals surface area (Å²) in [7, 11) is -1.70. The number of nitrogens with one attached hydrogen (secondary N) is 2. The van der Waals surface area contributed by atoms with Crippen LogP contribution >= 0.6 is 0 Å². The van der Waals surface area contributed by atoms with Crippen LogP contribution in [0.2, 0.25) is 13.1 Å². The molecule has 1 aliphatic heterocycles. The molecule has 2 rings (SSSR count). The first-order valence-corrected chi connectivity index (χ1v) is 14.6. The number of amides is 1. The lowest BCUT2D eigenvalue weighted by molar-refractivity contribution is -0.247. The highest BCUT2D eigenvalue weighted by Crippen LogP contribution is 2.36. The summed E-state index contributed by atoms with van der Waals surface area (Å²) in [6.07, 6.45) is -2.89. The Kier molecular flexibility index (Phi) is 10.7. The maximum Gasteiger partial charge on any atom is 0.471 e. The van der Waals surface area contributed by atoms with Gasteiger partial charge in [-0.15, -0.1) is 0 Å². The Labute approximate surface area is 214 Å². The zero-order valence-electron chi connectivity index (χ0n) is 21.6. The van der Waals surface area contributed by atoms with Gasteiger partial charge in [-0.2, -0.15) is 13.2 Å². The summed E-state index contributed by atoms with van der Waals surface area (Å²) < 4.78 is 60.9. The standard InChI is InChI=1S/C23H34F3N3O7Si/c1-21(2,3)34-15-17-9-10-22(35-17,36-37(4)5)29-14-16(18(30)28-20(29)32)8-6-7-12-33-13-11-27-19(31)23(24,25)26/h14,17,37H,8-13,15H2,1-5H3,(H,27,31)(H,28,30,32)/t17-,22-/m0/s1. The minimum Gasteiger partial charge on any atom is -0.377 e. The Morgan fingerprint density at radius 3 is 2.62 bits per heavy atom. The fraction of sp³-hybridized carbons (Fsp3) is 0.696. The van der Waals surface area contributed by atoms with Crippen LogP contribution < -0.4 is 16.6 Å². The van der Waals surface area contributed by atoms with Gasteiger partial charge in [-0.3, -0.25) is 14.6 Å². The summed E-state index contributed by atoms with van der Waals surface area (Å²) >= 11 is 0. The van der Waals surface area contributed by atoms with Gasteiger partial charge in [0.25, 0.3) is 5.56 Å². The van der Waals surface area contributed by atoms with Crippen molar-refractivity contribution < 1.29 is 36.6 Å². The number of hydrogen-bond donors (Lipinski definition) is 2. The van der Waals surface area contributed by atoms with Crippen LogP contribution in [0, 0.1) is 11.8 Å². The van der Waals surface area contributed by atoms with Gasteiger partial charge in [-0.05, 0) is 40.3 Å². The molecule has 1 saturated heterocycles. The number of carbonyl (C=O) groups excluding carboxylic acids is 1. The number of aromatic nitrogens is 2. The number of rotatable bonds is 10. The van der Waals surface area contributed by atoms with Crippen molar-refractivity contribution in [3.8, 4) is 11.8 Å². The third-order valence-electron chi connectivity index (χ3n) is 5.01. The van der Waals surface area contributed by atoms with E-state index in [0.29, 0.717) is 19.4 Å². The van der Waals surface area contributed by atoms with E-state index in [1.807, 2.05) is 33.9 Å². The largest absolute Gasteiger partial charge is 0.471 e. The molecule has 0 spiro atoms. The van der Waals surface area contributed by atoms with Gasteiger partial charge in [0.15, 0.2) is 9.04 Å². The van der Waals surface area contributed by atoms with Gasteiger partial charge in [-0.25, -0.2) is 9.36 Å². The molecule has 0 bridgehead atoms. The van der Waals surface area contributed by atoms with Crippen LogP contribution in [0.25, 0.3) is 0 Å². The summed E-state index contributed by atoms with van der Waals surface area (Å²) in [5.41, 5.74) is -1.42. The molecule has 208 valence electrons. The molecule has 0 saturated carbocycles. The van der Waals surface area contributed by atoms with Crippen LogP contribution in [0.5, 0.6) is 0 Å². The third-order valence-corrected chi connectivity index (χ3v) is 5.85. The van der Waals surface area contributed by atoms with Crippen molar-refractivity contribution in [2.45, 2.75) is 76.9 Å². The Bertz CT molecular complexity index is 1100. The van der Waals surface area contributed by atoms with Crippen LogP contribution in [0.15, 0.2) is 15.8 Å². The van der Waals surface area contributed by atoms with Crippen molar-refractivity contribution in [2.24, 2.45) is 0 Å². The van der Waals surface area contributed by atoms with Crippen LogP contribution in [-0.4, -0.2) is 68.7 Å². The second-order valence-electron chi connectivity index (χ2n) is 9.70. The van der Waals surface area contributed by atoms with E-state index in [1.54, 1.807) is 5.32 Å². The molecule has 0 radical (unpaired) electrons. The Balaban J connectivity index is 2.06. The number of ether oxygens (including phenoxy) is 3. The van der Waals surface area contributed by atoms with Gasteiger partial charge >= 0.3 is 17.8 Å². The quantitative estimate of drug-likeness (QED) is 0.257. The number of hydrogen-bond acceptors (Lipinski definition) is 7. The minimum absolute atomic E-state index is 0.0183. The van der Waals surface area contributed by atoms with E-state index in [4.69, 9.17) is 18.6 Å².